The molecule has 0 saturated carbocycles. The van der Waals surface area contributed by atoms with Gasteiger partial charge >= 0.3 is 0 Å². The first-order valence-corrected chi connectivity index (χ1v) is 7.33. The zero-order chi connectivity index (χ0) is 14.8. The molecule has 112 valence electrons. The van der Waals surface area contributed by atoms with Gasteiger partial charge in [0, 0.05) is 25.6 Å². The monoisotopic (exact) mass is 289 g/mol. The highest BCUT2D eigenvalue weighted by Gasteiger charge is 2.21. The normalized spacial score (nSPS) is 15.6. The maximum Gasteiger partial charge on any atom is 0.198 e. The minimum Gasteiger partial charge on any atom is -0.447 e. The Bertz CT molecular complexity index is 659. The number of carbonyl (C=O) groups excluding carboxylic acids is 1. The molecule has 1 aliphatic heterocycles. The summed E-state index contributed by atoms with van der Waals surface area (Å²) in [6.07, 6.45) is 1.29. The third-order valence-corrected chi connectivity index (χ3v) is 3.53. The van der Waals surface area contributed by atoms with Crippen molar-refractivity contribution in [1.29, 1.82) is 0 Å². The van der Waals surface area contributed by atoms with Gasteiger partial charge in [-0.3, -0.25) is 4.79 Å². The summed E-state index contributed by atoms with van der Waals surface area (Å²) in [5, 5.41) is 0. The van der Waals surface area contributed by atoms with Gasteiger partial charge in [-0.25, -0.2) is 9.97 Å². The molecule has 0 radical (unpaired) electrons. The summed E-state index contributed by atoms with van der Waals surface area (Å²) in [5.74, 6) is 1.83. The fourth-order valence-corrected chi connectivity index (χ4v) is 2.51. The van der Waals surface area contributed by atoms with Gasteiger partial charge < -0.3 is 14.1 Å². The van der Waals surface area contributed by atoms with Crippen molar-refractivity contribution in [2.75, 3.05) is 31.2 Å². The number of carbonyl (C=O) groups is 1. The van der Waals surface area contributed by atoms with Crippen molar-refractivity contribution in [3.63, 3.8) is 0 Å². The lowest BCUT2D eigenvalue weighted by Crippen LogP contribution is -2.37. The highest BCUT2D eigenvalue weighted by atomic mass is 16.5. The van der Waals surface area contributed by atoms with Gasteiger partial charge in [0.05, 0.1) is 13.2 Å². The second-order valence-electron chi connectivity index (χ2n) is 5.19. The second kappa shape index (κ2) is 5.81. The topological polar surface area (TPSA) is 68.5 Å². The average molecular weight is 289 g/mol. The van der Waals surface area contributed by atoms with Gasteiger partial charge in [-0.05, 0) is 13.3 Å². The number of hydrogen-bond donors (Lipinski definition) is 0. The fraction of sp³-hybridized carbons (Fsp3) is 0.533. The summed E-state index contributed by atoms with van der Waals surface area (Å²) in [6.45, 7) is 6.71. The van der Waals surface area contributed by atoms with E-state index in [9.17, 15) is 4.79 Å². The molecule has 1 aliphatic rings. The summed E-state index contributed by atoms with van der Waals surface area (Å²) in [6, 6.07) is 1.73. The van der Waals surface area contributed by atoms with E-state index in [1.165, 1.54) is 0 Å². The van der Waals surface area contributed by atoms with Crippen LogP contribution >= 0.6 is 0 Å². The van der Waals surface area contributed by atoms with E-state index in [0.717, 1.165) is 25.3 Å². The number of ether oxygens (including phenoxy) is 1. The molecule has 3 heterocycles. The van der Waals surface area contributed by atoms with Gasteiger partial charge in [-0.2, -0.15) is 0 Å². The molecular formula is C15H19N3O3. The Morgan fingerprint density at radius 3 is 2.81 bits per heavy atom. The van der Waals surface area contributed by atoms with Crippen molar-refractivity contribution in [3.05, 3.63) is 17.7 Å². The lowest BCUT2D eigenvalue weighted by Gasteiger charge is -2.27. The number of fused-ring (bicyclic) bond motifs is 1. The van der Waals surface area contributed by atoms with Crippen molar-refractivity contribution in [2.24, 2.45) is 0 Å². The molecule has 2 aromatic heterocycles. The summed E-state index contributed by atoms with van der Waals surface area (Å²) >= 11 is 0. The van der Waals surface area contributed by atoms with Crippen LogP contribution in [0, 0.1) is 6.92 Å². The van der Waals surface area contributed by atoms with E-state index in [1.54, 1.807) is 6.07 Å². The number of anilines is 1. The van der Waals surface area contributed by atoms with Crippen LogP contribution in [-0.4, -0.2) is 42.1 Å². The number of furan rings is 1. The number of morpholine rings is 1. The molecule has 0 aliphatic carbocycles. The average Bonchev–Trinajstić information content (AvgIpc) is 2.91. The molecule has 6 heteroatoms. The van der Waals surface area contributed by atoms with Crippen LogP contribution in [0.2, 0.25) is 0 Å². The van der Waals surface area contributed by atoms with Crippen LogP contribution < -0.4 is 4.90 Å². The number of nitrogens with zero attached hydrogens (tertiary/aromatic N) is 3. The van der Waals surface area contributed by atoms with Gasteiger partial charge in [0.25, 0.3) is 0 Å². The molecule has 21 heavy (non-hydrogen) atoms. The Morgan fingerprint density at radius 1 is 1.33 bits per heavy atom. The summed E-state index contributed by atoms with van der Waals surface area (Å²) in [4.78, 5) is 23.0. The Morgan fingerprint density at radius 2 is 2.10 bits per heavy atom. The lowest BCUT2D eigenvalue weighted by molar-refractivity contribution is 0.0957. The molecule has 0 unspecified atom stereocenters. The number of hydrogen-bond acceptors (Lipinski definition) is 6. The van der Waals surface area contributed by atoms with Crippen LogP contribution in [0.4, 0.5) is 5.82 Å². The van der Waals surface area contributed by atoms with E-state index in [1.807, 2.05) is 13.8 Å². The smallest absolute Gasteiger partial charge is 0.198 e. The number of aryl methyl sites for hydroxylation is 1. The van der Waals surface area contributed by atoms with Crippen molar-refractivity contribution in [2.45, 2.75) is 26.7 Å². The maximum atomic E-state index is 12.0. The molecule has 0 atom stereocenters. The van der Waals surface area contributed by atoms with E-state index >= 15 is 0 Å². The molecule has 1 saturated heterocycles. The van der Waals surface area contributed by atoms with Crippen LogP contribution in [-0.2, 0) is 4.74 Å². The third kappa shape index (κ3) is 2.76. The fourth-order valence-electron chi connectivity index (χ4n) is 2.51. The molecule has 6 nitrogen and oxygen atoms in total. The molecule has 0 amide bonds. The quantitative estimate of drug-likeness (QED) is 0.805. The number of Topliss-reactive ketones (excluding diaryl/α,β-unsaturated/α-hetero) is 1. The van der Waals surface area contributed by atoms with E-state index in [0.29, 0.717) is 42.3 Å². The molecule has 0 bridgehead atoms. The Kier molecular flexibility index (Phi) is 3.88. The van der Waals surface area contributed by atoms with E-state index in [4.69, 9.17) is 9.15 Å². The van der Waals surface area contributed by atoms with Crippen LogP contribution in [0.5, 0.6) is 0 Å². The van der Waals surface area contributed by atoms with Gasteiger partial charge in [0.1, 0.15) is 11.3 Å². The summed E-state index contributed by atoms with van der Waals surface area (Å²) < 4.78 is 11.1. The van der Waals surface area contributed by atoms with Gasteiger partial charge in [-0.15, -0.1) is 0 Å². The zero-order valence-electron chi connectivity index (χ0n) is 12.4. The highest BCUT2D eigenvalue weighted by Crippen LogP contribution is 2.28. The van der Waals surface area contributed by atoms with Gasteiger partial charge in [-0.1, -0.05) is 6.92 Å². The molecule has 0 N–H and O–H groups in total. The van der Waals surface area contributed by atoms with Crippen molar-refractivity contribution in [1.82, 2.24) is 9.97 Å². The second-order valence-corrected chi connectivity index (χ2v) is 5.19. The standard InChI is InChI=1S/C15H19N3O3/c1-3-4-12(19)13-9-11-14(21-13)15(17-10(2)16-11)18-5-7-20-8-6-18/h9H,3-8H2,1-2H3. The summed E-state index contributed by atoms with van der Waals surface area (Å²) in [5.41, 5.74) is 1.30. The first kappa shape index (κ1) is 14.0. The minimum absolute atomic E-state index is 0.0149. The molecular weight excluding hydrogens is 270 g/mol. The van der Waals surface area contributed by atoms with Crippen molar-refractivity contribution >= 4 is 22.7 Å². The SMILES string of the molecule is CCCC(=O)c1cc2nc(C)nc(N3CCOCC3)c2o1. The molecule has 0 spiro atoms. The first-order valence-electron chi connectivity index (χ1n) is 7.33. The van der Waals surface area contributed by atoms with Crippen LogP contribution in [0.3, 0.4) is 0 Å². The number of aromatic nitrogens is 2. The first-order chi connectivity index (χ1) is 10.2. The van der Waals surface area contributed by atoms with Crippen LogP contribution in [0.15, 0.2) is 10.5 Å². The predicted molar refractivity (Wildman–Crippen MR) is 78.8 cm³/mol. The van der Waals surface area contributed by atoms with Gasteiger partial charge in [0.2, 0.25) is 0 Å². The van der Waals surface area contributed by atoms with Crippen LogP contribution in [0.25, 0.3) is 11.1 Å². The van der Waals surface area contributed by atoms with Crippen LogP contribution in [0.1, 0.15) is 36.1 Å². The number of rotatable bonds is 4. The minimum atomic E-state index is 0.0149. The molecule has 3 rings (SSSR count). The zero-order valence-corrected chi connectivity index (χ0v) is 12.4. The Hall–Kier alpha value is -1.95. The molecule has 0 aromatic carbocycles. The third-order valence-electron chi connectivity index (χ3n) is 3.53. The number of ketones is 1. The van der Waals surface area contributed by atoms with E-state index in [-0.39, 0.29) is 5.78 Å². The predicted octanol–water partition coefficient (Wildman–Crippen LogP) is 2.35. The summed E-state index contributed by atoms with van der Waals surface area (Å²) in [7, 11) is 0. The Labute approximate surface area is 123 Å². The molecule has 1 fully saturated rings. The van der Waals surface area contributed by atoms with E-state index in [2.05, 4.69) is 14.9 Å². The molecule has 2 aromatic rings. The van der Waals surface area contributed by atoms with Crippen molar-refractivity contribution in [3.8, 4) is 0 Å². The lowest BCUT2D eigenvalue weighted by atomic mass is 10.2. The van der Waals surface area contributed by atoms with E-state index < -0.39 is 0 Å². The highest BCUT2D eigenvalue weighted by molar-refractivity contribution is 5.98. The van der Waals surface area contributed by atoms with Gasteiger partial charge in [0.15, 0.2) is 22.9 Å². The Balaban J connectivity index is 2.04. The largest absolute Gasteiger partial charge is 0.447 e. The maximum absolute atomic E-state index is 12.0. The van der Waals surface area contributed by atoms with Crippen molar-refractivity contribution < 1.29 is 13.9 Å².